The molecule has 1 heterocycles. The SMILES string of the molecule is CC(C)CC=CC=CCN=C1SC(c2ccccc2)CN1C(=S)Nc1cccc(C(F)(F)F)c1. The fraction of sp³-hybridized carbons (Fsp3) is 0.308. The molecule has 2 aromatic rings. The van der Waals surface area contributed by atoms with Crippen LogP contribution in [0.1, 0.15) is 36.6 Å². The molecule has 0 aromatic heterocycles. The van der Waals surface area contributed by atoms with Gasteiger partial charge in [0.25, 0.3) is 0 Å². The number of alkyl halides is 3. The van der Waals surface area contributed by atoms with Gasteiger partial charge in [0, 0.05) is 12.2 Å². The standard InChI is InChI=1S/C26H28F3N3S2/c1-19(2)11-6-3-4-9-16-30-25-32(18-23(34-25)20-12-7-5-8-13-20)24(33)31-22-15-10-14-21(17-22)26(27,28)29/h3-10,12-15,17,19,23H,11,16,18H2,1-2H3,(H,31,33). The van der Waals surface area contributed by atoms with Gasteiger partial charge < -0.3 is 5.32 Å². The summed E-state index contributed by atoms with van der Waals surface area (Å²) in [6, 6.07) is 15.1. The number of nitrogens with one attached hydrogen (secondary N) is 1. The molecule has 0 saturated carbocycles. The average molecular weight is 504 g/mol. The Kier molecular flexibility index (Phi) is 9.36. The lowest BCUT2D eigenvalue weighted by atomic mass is 10.1. The summed E-state index contributed by atoms with van der Waals surface area (Å²) in [5.41, 5.74) is 0.724. The molecule has 3 rings (SSSR count). The van der Waals surface area contributed by atoms with Crippen molar-refractivity contribution in [2.24, 2.45) is 10.9 Å². The molecule has 0 amide bonds. The van der Waals surface area contributed by atoms with Gasteiger partial charge in [0.1, 0.15) is 0 Å². The van der Waals surface area contributed by atoms with Crippen molar-refractivity contribution in [3.63, 3.8) is 0 Å². The van der Waals surface area contributed by atoms with Crippen LogP contribution < -0.4 is 5.32 Å². The van der Waals surface area contributed by atoms with Gasteiger partial charge in [-0.1, -0.05) is 86.3 Å². The molecule has 1 atom stereocenters. The van der Waals surface area contributed by atoms with E-state index in [2.05, 4.69) is 37.4 Å². The van der Waals surface area contributed by atoms with Gasteiger partial charge in [-0.2, -0.15) is 13.2 Å². The number of thiocarbonyl (C=S) groups is 1. The molecule has 180 valence electrons. The van der Waals surface area contributed by atoms with E-state index in [0.717, 1.165) is 29.3 Å². The molecular formula is C26H28F3N3S2. The molecule has 34 heavy (non-hydrogen) atoms. The number of anilines is 1. The third kappa shape index (κ3) is 7.74. The van der Waals surface area contributed by atoms with Gasteiger partial charge in [0.15, 0.2) is 10.3 Å². The zero-order chi connectivity index (χ0) is 24.6. The number of hydrogen-bond acceptors (Lipinski definition) is 3. The van der Waals surface area contributed by atoms with E-state index in [1.54, 1.807) is 17.8 Å². The quantitative estimate of drug-likeness (QED) is 0.309. The predicted molar refractivity (Wildman–Crippen MR) is 141 cm³/mol. The molecule has 1 saturated heterocycles. The minimum Gasteiger partial charge on any atom is -0.332 e. The van der Waals surface area contributed by atoms with E-state index < -0.39 is 11.7 Å². The van der Waals surface area contributed by atoms with Crippen molar-refractivity contribution in [1.29, 1.82) is 0 Å². The number of allylic oxidation sites excluding steroid dienone is 3. The van der Waals surface area contributed by atoms with Crippen LogP contribution in [0, 0.1) is 5.92 Å². The molecule has 3 nitrogen and oxygen atoms in total. The van der Waals surface area contributed by atoms with Crippen LogP contribution in [-0.4, -0.2) is 28.3 Å². The van der Waals surface area contributed by atoms with Crippen LogP contribution in [0.2, 0.25) is 0 Å². The molecule has 1 N–H and O–H groups in total. The van der Waals surface area contributed by atoms with E-state index in [1.165, 1.54) is 6.07 Å². The molecule has 1 fully saturated rings. The second kappa shape index (κ2) is 12.2. The number of halogens is 3. The highest BCUT2D eigenvalue weighted by molar-refractivity contribution is 8.14. The van der Waals surface area contributed by atoms with Crippen LogP contribution in [-0.2, 0) is 6.18 Å². The number of thioether (sulfide) groups is 1. The maximum atomic E-state index is 13.1. The Bertz CT molecular complexity index is 1050. The first-order valence-electron chi connectivity index (χ1n) is 11.1. The van der Waals surface area contributed by atoms with E-state index in [-0.39, 0.29) is 5.25 Å². The summed E-state index contributed by atoms with van der Waals surface area (Å²) in [4.78, 5) is 6.57. The molecule has 0 spiro atoms. The zero-order valence-electron chi connectivity index (χ0n) is 19.1. The van der Waals surface area contributed by atoms with Crippen LogP contribution in [0.5, 0.6) is 0 Å². The monoisotopic (exact) mass is 503 g/mol. The van der Waals surface area contributed by atoms with Gasteiger partial charge in [0.2, 0.25) is 0 Å². The minimum absolute atomic E-state index is 0.121. The third-order valence-electron chi connectivity index (χ3n) is 5.01. The third-order valence-corrected chi connectivity index (χ3v) is 6.60. The van der Waals surface area contributed by atoms with E-state index in [9.17, 15) is 13.2 Å². The smallest absolute Gasteiger partial charge is 0.332 e. The lowest BCUT2D eigenvalue weighted by Gasteiger charge is -2.21. The fourth-order valence-electron chi connectivity index (χ4n) is 3.27. The van der Waals surface area contributed by atoms with Crippen molar-refractivity contribution in [1.82, 2.24) is 4.90 Å². The molecule has 1 aliphatic heterocycles. The van der Waals surface area contributed by atoms with Crippen molar-refractivity contribution >= 4 is 39.9 Å². The van der Waals surface area contributed by atoms with Gasteiger partial charge in [-0.15, -0.1) is 0 Å². The molecule has 1 aliphatic rings. The van der Waals surface area contributed by atoms with Crippen LogP contribution in [0.4, 0.5) is 18.9 Å². The first kappa shape index (κ1) is 26.0. The number of rotatable bonds is 7. The van der Waals surface area contributed by atoms with E-state index in [1.807, 2.05) is 41.3 Å². The van der Waals surface area contributed by atoms with Crippen molar-refractivity contribution in [3.8, 4) is 0 Å². The Morgan fingerprint density at radius 3 is 2.59 bits per heavy atom. The highest BCUT2D eigenvalue weighted by atomic mass is 32.2. The highest BCUT2D eigenvalue weighted by Gasteiger charge is 2.33. The van der Waals surface area contributed by atoms with Gasteiger partial charge in [-0.3, -0.25) is 9.89 Å². The lowest BCUT2D eigenvalue weighted by Crippen LogP contribution is -2.35. The number of amidine groups is 1. The van der Waals surface area contributed by atoms with Gasteiger partial charge in [-0.05, 0) is 48.3 Å². The summed E-state index contributed by atoms with van der Waals surface area (Å²) in [7, 11) is 0. The Morgan fingerprint density at radius 1 is 1.15 bits per heavy atom. The summed E-state index contributed by atoms with van der Waals surface area (Å²) in [6.07, 6.45) is 4.71. The maximum absolute atomic E-state index is 13.1. The molecule has 0 bridgehead atoms. The Hall–Kier alpha value is -2.58. The second-order valence-electron chi connectivity index (χ2n) is 8.25. The summed E-state index contributed by atoms with van der Waals surface area (Å²) in [6.45, 7) is 5.41. The van der Waals surface area contributed by atoms with Crippen LogP contribution in [0.25, 0.3) is 0 Å². The van der Waals surface area contributed by atoms with Crippen LogP contribution in [0.3, 0.4) is 0 Å². The lowest BCUT2D eigenvalue weighted by molar-refractivity contribution is -0.137. The van der Waals surface area contributed by atoms with Crippen molar-refractivity contribution < 1.29 is 13.2 Å². The molecule has 0 radical (unpaired) electrons. The molecule has 8 heteroatoms. The van der Waals surface area contributed by atoms with Crippen molar-refractivity contribution in [3.05, 3.63) is 90.0 Å². The number of benzene rings is 2. The summed E-state index contributed by atoms with van der Waals surface area (Å²) < 4.78 is 39.3. The Morgan fingerprint density at radius 2 is 1.88 bits per heavy atom. The summed E-state index contributed by atoms with van der Waals surface area (Å²) >= 11 is 7.19. The minimum atomic E-state index is -4.41. The number of nitrogens with zero attached hydrogens (tertiary/aromatic N) is 2. The first-order chi connectivity index (χ1) is 16.2. The second-order valence-corrected chi connectivity index (χ2v) is 9.80. The normalized spacial score (nSPS) is 18.0. The van der Waals surface area contributed by atoms with Crippen molar-refractivity contribution in [2.45, 2.75) is 31.7 Å². The average Bonchev–Trinajstić information content (AvgIpc) is 3.23. The summed E-state index contributed by atoms with van der Waals surface area (Å²) in [5, 5.41) is 4.15. The first-order valence-corrected chi connectivity index (χ1v) is 12.4. The Balaban J connectivity index is 1.74. The van der Waals surface area contributed by atoms with E-state index >= 15 is 0 Å². The summed E-state index contributed by atoms with van der Waals surface area (Å²) in [5.74, 6) is 0.619. The van der Waals surface area contributed by atoms with Crippen molar-refractivity contribution in [2.75, 3.05) is 18.4 Å². The molecule has 0 aliphatic carbocycles. The van der Waals surface area contributed by atoms with Gasteiger partial charge in [0.05, 0.1) is 17.4 Å². The predicted octanol–water partition coefficient (Wildman–Crippen LogP) is 7.71. The highest BCUT2D eigenvalue weighted by Crippen LogP contribution is 2.38. The van der Waals surface area contributed by atoms with E-state index in [0.29, 0.717) is 29.8 Å². The molecule has 2 aromatic carbocycles. The maximum Gasteiger partial charge on any atom is 0.416 e. The van der Waals surface area contributed by atoms with Crippen LogP contribution in [0.15, 0.2) is 83.9 Å². The number of aliphatic imine (C=N–C) groups is 1. The van der Waals surface area contributed by atoms with Gasteiger partial charge >= 0.3 is 6.18 Å². The number of hydrogen-bond donors (Lipinski definition) is 1. The zero-order valence-corrected chi connectivity index (χ0v) is 20.8. The molecular weight excluding hydrogens is 475 g/mol. The largest absolute Gasteiger partial charge is 0.416 e. The van der Waals surface area contributed by atoms with Crippen LogP contribution >= 0.6 is 24.0 Å². The van der Waals surface area contributed by atoms with Gasteiger partial charge in [-0.25, -0.2) is 0 Å². The molecule has 1 unspecified atom stereocenters. The topological polar surface area (TPSA) is 27.6 Å². The Labute approximate surface area is 208 Å². The fourth-order valence-corrected chi connectivity index (χ4v) is 4.82. The van der Waals surface area contributed by atoms with E-state index in [4.69, 9.17) is 17.2 Å².